The third-order valence-corrected chi connectivity index (χ3v) is 3.08. The number of benzene rings is 1. The first-order valence-electron chi connectivity index (χ1n) is 5.07. The van der Waals surface area contributed by atoms with Gasteiger partial charge in [0.2, 0.25) is 5.60 Å². The number of esters is 2. The summed E-state index contributed by atoms with van der Waals surface area (Å²) in [6.45, 7) is 1.53. The van der Waals surface area contributed by atoms with E-state index in [1.807, 2.05) is 0 Å². The summed E-state index contributed by atoms with van der Waals surface area (Å²) < 4.78 is 9.77. The molecule has 2 rings (SSSR count). The molecule has 1 aliphatic rings. The number of hydrogen-bond acceptors (Lipinski definition) is 4. The minimum absolute atomic E-state index is 0.265. The second kappa shape index (κ2) is 4.04. The lowest BCUT2D eigenvalue weighted by Gasteiger charge is -2.31. The lowest BCUT2D eigenvalue weighted by atomic mass is 9.90. The van der Waals surface area contributed by atoms with E-state index in [9.17, 15) is 9.59 Å². The van der Waals surface area contributed by atoms with Crippen molar-refractivity contribution in [3.8, 4) is 0 Å². The van der Waals surface area contributed by atoms with Crippen molar-refractivity contribution in [1.82, 2.24) is 0 Å². The first-order chi connectivity index (χ1) is 7.98. The number of methoxy groups -OCH3 is 1. The molecule has 1 aromatic rings. The van der Waals surface area contributed by atoms with Gasteiger partial charge in [0, 0.05) is 6.42 Å². The third-order valence-electron chi connectivity index (χ3n) is 2.77. The van der Waals surface area contributed by atoms with Crippen molar-refractivity contribution < 1.29 is 19.1 Å². The highest BCUT2D eigenvalue weighted by atomic mass is 35.5. The highest BCUT2D eigenvalue weighted by Crippen LogP contribution is 2.32. The fourth-order valence-electron chi connectivity index (χ4n) is 1.93. The molecule has 1 heterocycles. The van der Waals surface area contributed by atoms with Crippen molar-refractivity contribution in [2.75, 3.05) is 7.11 Å². The minimum atomic E-state index is -1.27. The molecule has 90 valence electrons. The van der Waals surface area contributed by atoms with Crippen molar-refractivity contribution in [1.29, 1.82) is 0 Å². The van der Waals surface area contributed by atoms with Crippen LogP contribution in [0.25, 0.3) is 0 Å². The van der Waals surface area contributed by atoms with Gasteiger partial charge in [-0.2, -0.15) is 0 Å². The molecular formula is C12H11ClO4. The molecule has 0 amide bonds. The number of hydrogen-bond donors (Lipinski definition) is 0. The van der Waals surface area contributed by atoms with Crippen molar-refractivity contribution in [3.63, 3.8) is 0 Å². The van der Waals surface area contributed by atoms with Crippen LogP contribution >= 0.6 is 11.6 Å². The minimum Gasteiger partial charge on any atom is -0.466 e. The van der Waals surface area contributed by atoms with E-state index in [2.05, 4.69) is 4.74 Å². The second-order valence-electron chi connectivity index (χ2n) is 4.06. The molecule has 0 bridgehead atoms. The van der Waals surface area contributed by atoms with Crippen LogP contribution in [0.15, 0.2) is 18.2 Å². The highest BCUT2D eigenvalue weighted by molar-refractivity contribution is 6.33. The summed E-state index contributed by atoms with van der Waals surface area (Å²) in [5.41, 5.74) is -0.249. The molecule has 5 heteroatoms. The van der Waals surface area contributed by atoms with Crippen LogP contribution in [-0.2, 0) is 20.7 Å². The Labute approximate surface area is 103 Å². The Morgan fingerprint density at radius 3 is 2.88 bits per heavy atom. The van der Waals surface area contributed by atoms with Crippen LogP contribution in [0.5, 0.6) is 0 Å². The van der Waals surface area contributed by atoms with Gasteiger partial charge in [-0.05, 0) is 18.6 Å². The predicted octanol–water partition coefficient (Wildman–Crippen LogP) is 1.98. The maximum Gasteiger partial charge on any atom is 0.350 e. The van der Waals surface area contributed by atoms with Crippen LogP contribution in [0.1, 0.15) is 22.8 Å². The van der Waals surface area contributed by atoms with E-state index >= 15 is 0 Å². The van der Waals surface area contributed by atoms with E-state index < -0.39 is 17.5 Å². The highest BCUT2D eigenvalue weighted by Gasteiger charge is 2.44. The standard InChI is InChI=1S/C12H11ClO4/c1-12(11(15)16-2)6-7-4-3-5-8(13)9(7)10(14)17-12/h3-5H,6H2,1-2H3. The molecule has 0 spiro atoms. The first kappa shape index (κ1) is 11.9. The SMILES string of the molecule is COC(=O)C1(C)Cc2cccc(Cl)c2C(=O)O1. The molecule has 0 fully saturated rings. The molecular weight excluding hydrogens is 244 g/mol. The van der Waals surface area contributed by atoms with Gasteiger partial charge in [-0.15, -0.1) is 0 Å². The van der Waals surface area contributed by atoms with Gasteiger partial charge in [-0.1, -0.05) is 23.7 Å². The van der Waals surface area contributed by atoms with Crippen LogP contribution in [-0.4, -0.2) is 24.6 Å². The number of fused-ring (bicyclic) bond motifs is 1. The summed E-state index contributed by atoms with van der Waals surface area (Å²) in [6.07, 6.45) is 0.265. The molecule has 4 nitrogen and oxygen atoms in total. The molecule has 0 radical (unpaired) electrons. The summed E-state index contributed by atoms with van der Waals surface area (Å²) >= 11 is 5.93. The van der Waals surface area contributed by atoms with Gasteiger partial charge in [0.1, 0.15) is 0 Å². The van der Waals surface area contributed by atoms with Gasteiger partial charge < -0.3 is 9.47 Å². The van der Waals surface area contributed by atoms with Crippen LogP contribution < -0.4 is 0 Å². The van der Waals surface area contributed by atoms with Crippen LogP contribution in [0.2, 0.25) is 5.02 Å². The van der Waals surface area contributed by atoms with Crippen molar-refractivity contribution in [3.05, 3.63) is 34.3 Å². The number of cyclic esters (lactones) is 1. The maximum absolute atomic E-state index is 11.8. The second-order valence-corrected chi connectivity index (χ2v) is 4.47. The summed E-state index contributed by atoms with van der Waals surface area (Å²) in [6, 6.07) is 5.10. The Hall–Kier alpha value is -1.55. The predicted molar refractivity (Wildman–Crippen MR) is 61.0 cm³/mol. The molecule has 1 atom stereocenters. The topological polar surface area (TPSA) is 52.6 Å². The van der Waals surface area contributed by atoms with E-state index in [1.54, 1.807) is 18.2 Å². The van der Waals surface area contributed by atoms with Gasteiger partial charge in [0.05, 0.1) is 17.7 Å². The Morgan fingerprint density at radius 1 is 1.53 bits per heavy atom. The molecule has 1 aromatic carbocycles. The quantitative estimate of drug-likeness (QED) is 0.719. The monoisotopic (exact) mass is 254 g/mol. The first-order valence-corrected chi connectivity index (χ1v) is 5.45. The fraction of sp³-hybridized carbons (Fsp3) is 0.333. The number of halogens is 1. The van der Waals surface area contributed by atoms with E-state index in [-0.39, 0.29) is 6.42 Å². The lowest BCUT2D eigenvalue weighted by Crippen LogP contribution is -2.46. The normalized spacial score (nSPS) is 22.6. The van der Waals surface area contributed by atoms with E-state index in [0.29, 0.717) is 16.1 Å². The molecule has 0 N–H and O–H groups in total. The van der Waals surface area contributed by atoms with E-state index in [4.69, 9.17) is 16.3 Å². The summed E-state index contributed by atoms with van der Waals surface area (Å²) in [7, 11) is 1.26. The molecule has 0 saturated heterocycles. The Bertz CT molecular complexity index is 497. The van der Waals surface area contributed by atoms with Crippen molar-refractivity contribution in [2.45, 2.75) is 18.9 Å². The molecule has 0 aliphatic carbocycles. The average molecular weight is 255 g/mol. The molecule has 17 heavy (non-hydrogen) atoms. The van der Waals surface area contributed by atoms with Gasteiger partial charge in [-0.25, -0.2) is 9.59 Å². The Balaban J connectivity index is 2.47. The number of ether oxygens (including phenoxy) is 2. The van der Waals surface area contributed by atoms with Gasteiger partial charge in [0.15, 0.2) is 0 Å². The zero-order valence-corrected chi connectivity index (χ0v) is 10.2. The van der Waals surface area contributed by atoms with E-state index in [0.717, 1.165) is 0 Å². The summed E-state index contributed by atoms with van der Waals surface area (Å²) in [5.74, 6) is -1.17. The molecule has 1 aliphatic heterocycles. The van der Waals surface area contributed by atoms with Gasteiger partial charge in [0.25, 0.3) is 0 Å². The molecule has 1 unspecified atom stereocenters. The lowest BCUT2D eigenvalue weighted by molar-refractivity contribution is -0.161. The van der Waals surface area contributed by atoms with Crippen molar-refractivity contribution >= 4 is 23.5 Å². The van der Waals surface area contributed by atoms with Crippen LogP contribution in [0, 0.1) is 0 Å². The summed E-state index contributed by atoms with van der Waals surface area (Å²) in [4.78, 5) is 23.4. The number of rotatable bonds is 1. The Morgan fingerprint density at radius 2 is 2.24 bits per heavy atom. The zero-order chi connectivity index (χ0) is 12.6. The maximum atomic E-state index is 11.8. The van der Waals surface area contributed by atoms with Crippen LogP contribution in [0.4, 0.5) is 0 Å². The summed E-state index contributed by atoms with van der Waals surface area (Å²) in [5, 5.41) is 0.333. The van der Waals surface area contributed by atoms with Crippen molar-refractivity contribution in [2.24, 2.45) is 0 Å². The van der Waals surface area contributed by atoms with E-state index in [1.165, 1.54) is 14.0 Å². The molecule has 0 saturated carbocycles. The third kappa shape index (κ3) is 1.89. The largest absolute Gasteiger partial charge is 0.466 e. The number of carbonyl (C=O) groups excluding carboxylic acids is 2. The van der Waals surface area contributed by atoms with Crippen LogP contribution in [0.3, 0.4) is 0 Å². The fourth-order valence-corrected chi connectivity index (χ4v) is 2.20. The van der Waals surface area contributed by atoms with Gasteiger partial charge >= 0.3 is 11.9 Å². The smallest absolute Gasteiger partial charge is 0.350 e. The average Bonchev–Trinajstić information content (AvgIpc) is 2.27. The zero-order valence-electron chi connectivity index (χ0n) is 9.45. The van der Waals surface area contributed by atoms with Gasteiger partial charge in [-0.3, -0.25) is 0 Å². The number of carbonyl (C=O) groups is 2. The Kier molecular flexibility index (Phi) is 2.83. The molecule has 0 aromatic heterocycles.